The van der Waals surface area contributed by atoms with Gasteiger partial charge in [-0.1, -0.05) is 17.7 Å². The number of ether oxygens (including phenoxy) is 2. The molecule has 1 aliphatic heterocycles. The molecule has 9 nitrogen and oxygen atoms in total. The van der Waals surface area contributed by atoms with Crippen molar-refractivity contribution in [2.24, 2.45) is 7.05 Å². The second-order valence-corrected chi connectivity index (χ2v) is 8.89. The first-order chi connectivity index (χ1) is 17.0. The summed E-state index contributed by atoms with van der Waals surface area (Å²) in [7, 11) is 4.70. The van der Waals surface area contributed by atoms with E-state index in [0.717, 1.165) is 21.6 Å². The van der Waals surface area contributed by atoms with Gasteiger partial charge >= 0.3 is 6.18 Å². The summed E-state index contributed by atoms with van der Waals surface area (Å²) in [5, 5.41) is 13.8. The molecule has 4 rings (SSSR count). The van der Waals surface area contributed by atoms with Crippen LogP contribution in [0.1, 0.15) is 51.5 Å². The molecule has 0 fully saturated rings. The van der Waals surface area contributed by atoms with Crippen LogP contribution in [0, 0.1) is 13.8 Å². The van der Waals surface area contributed by atoms with Crippen molar-refractivity contribution >= 4 is 23.3 Å². The molecule has 2 atom stereocenters. The summed E-state index contributed by atoms with van der Waals surface area (Å²) in [6.07, 6.45) is -4.99. The van der Waals surface area contributed by atoms with E-state index in [2.05, 4.69) is 20.8 Å². The average Bonchev–Trinajstić information content (AvgIpc) is 3.30. The molecule has 1 amide bonds. The molecule has 3 heterocycles. The highest BCUT2D eigenvalue weighted by Crippen LogP contribution is 2.47. The summed E-state index contributed by atoms with van der Waals surface area (Å²) >= 11 is 6.42. The number of hydrogen-bond donors (Lipinski definition) is 2. The maximum atomic E-state index is 14.1. The van der Waals surface area contributed by atoms with Crippen LogP contribution in [-0.2, 0) is 13.6 Å². The van der Waals surface area contributed by atoms with E-state index in [0.29, 0.717) is 17.1 Å². The summed E-state index contributed by atoms with van der Waals surface area (Å²) in [6, 6.07) is 2.12. The van der Waals surface area contributed by atoms with E-state index in [1.807, 2.05) is 13.8 Å². The Morgan fingerprint density at radius 2 is 1.92 bits per heavy atom. The van der Waals surface area contributed by atoms with Crippen LogP contribution in [0.5, 0.6) is 11.5 Å². The van der Waals surface area contributed by atoms with E-state index in [1.54, 1.807) is 29.9 Å². The van der Waals surface area contributed by atoms with E-state index in [4.69, 9.17) is 21.1 Å². The molecule has 194 valence electrons. The third kappa shape index (κ3) is 4.57. The minimum absolute atomic E-state index is 0.0797. The fraction of sp³-hybridized carbons (Fsp3) is 0.435. The number of nitrogens with one attached hydrogen (secondary N) is 2. The molecule has 0 saturated heterocycles. The third-order valence-electron chi connectivity index (χ3n) is 6.41. The molecular weight excluding hydrogens is 501 g/mol. The van der Waals surface area contributed by atoms with Gasteiger partial charge in [0.15, 0.2) is 23.2 Å². The van der Waals surface area contributed by atoms with Gasteiger partial charge in [-0.15, -0.1) is 0 Å². The topological polar surface area (TPSA) is 95.2 Å². The van der Waals surface area contributed by atoms with Gasteiger partial charge in [-0.2, -0.15) is 23.4 Å². The van der Waals surface area contributed by atoms with Crippen molar-refractivity contribution in [2.75, 3.05) is 19.5 Å². The Kier molecular flexibility index (Phi) is 6.82. The number of anilines is 1. The largest absolute Gasteiger partial charge is 0.493 e. The number of carbonyl (C=O) groups excluding carboxylic acids is 1. The van der Waals surface area contributed by atoms with Crippen LogP contribution in [0.3, 0.4) is 0 Å². The molecule has 0 unspecified atom stereocenters. The Hall–Kier alpha value is -3.41. The molecule has 0 spiro atoms. The van der Waals surface area contributed by atoms with E-state index < -0.39 is 24.2 Å². The predicted octanol–water partition coefficient (Wildman–Crippen LogP) is 4.49. The molecule has 1 aromatic carbocycles. The number of aryl methyl sites for hydroxylation is 2. The van der Waals surface area contributed by atoms with Crippen LogP contribution >= 0.6 is 11.6 Å². The highest BCUT2D eigenvalue weighted by Gasteiger charge is 2.48. The number of amides is 1. The number of alkyl halides is 3. The van der Waals surface area contributed by atoms with E-state index >= 15 is 0 Å². The molecular formula is C23H26ClF3N6O3. The number of halogens is 4. The quantitative estimate of drug-likeness (QED) is 0.491. The maximum Gasteiger partial charge on any atom is 0.410 e. The smallest absolute Gasteiger partial charge is 0.410 e. The maximum absolute atomic E-state index is 14.1. The molecule has 0 radical (unpaired) electrons. The van der Waals surface area contributed by atoms with Crippen LogP contribution in [0.4, 0.5) is 19.0 Å². The molecule has 2 aromatic heterocycles. The van der Waals surface area contributed by atoms with Crippen molar-refractivity contribution in [3.05, 3.63) is 51.4 Å². The predicted molar refractivity (Wildman–Crippen MR) is 127 cm³/mol. The lowest BCUT2D eigenvalue weighted by molar-refractivity contribution is -0.173. The van der Waals surface area contributed by atoms with Crippen LogP contribution in [0.15, 0.2) is 18.2 Å². The van der Waals surface area contributed by atoms with Gasteiger partial charge in [0.05, 0.1) is 26.0 Å². The number of aromatic nitrogens is 4. The van der Waals surface area contributed by atoms with Gasteiger partial charge in [-0.3, -0.25) is 9.48 Å². The second kappa shape index (κ2) is 9.57. The lowest BCUT2D eigenvalue weighted by atomic mass is 9.96. The Bertz CT molecular complexity index is 1300. The fourth-order valence-corrected chi connectivity index (χ4v) is 4.61. The molecule has 0 saturated carbocycles. The van der Waals surface area contributed by atoms with Gasteiger partial charge in [-0.25, -0.2) is 4.68 Å². The number of benzene rings is 1. The minimum atomic E-state index is -4.63. The van der Waals surface area contributed by atoms with Crippen molar-refractivity contribution in [1.82, 2.24) is 24.9 Å². The van der Waals surface area contributed by atoms with E-state index in [1.165, 1.54) is 14.2 Å². The van der Waals surface area contributed by atoms with Crippen molar-refractivity contribution in [2.45, 2.75) is 45.1 Å². The van der Waals surface area contributed by atoms with Crippen LogP contribution < -0.4 is 20.1 Å². The highest BCUT2D eigenvalue weighted by molar-refractivity contribution is 6.36. The molecule has 13 heteroatoms. The van der Waals surface area contributed by atoms with Gasteiger partial charge in [0, 0.05) is 31.3 Å². The highest BCUT2D eigenvalue weighted by atomic mass is 35.5. The normalized spacial score (nSPS) is 17.4. The van der Waals surface area contributed by atoms with Crippen molar-refractivity contribution in [3.63, 3.8) is 0 Å². The van der Waals surface area contributed by atoms with Crippen LogP contribution in [0.2, 0.25) is 5.02 Å². The zero-order chi connectivity index (χ0) is 26.4. The zero-order valence-corrected chi connectivity index (χ0v) is 21.1. The Labute approximate surface area is 210 Å². The van der Waals surface area contributed by atoms with Gasteiger partial charge < -0.3 is 20.1 Å². The monoisotopic (exact) mass is 526 g/mol. The number of fused-ring (bicyclic) bond motifs is 1. The standard InChI is InChI=1S/C23H26ClF3N6O3/c1-11-14(12(2)32(3)30-11)10-28-22(34)20-19(24)21-29-15(9-18(23(25,26)27)33(21)31-20)13-6-7-16(35-4)17(8-13)36-5/h6-8,15,18,29H,9-10H2,1-5H3,(H,28,34)/t15-,18+/m1/s1. The lowest BCUT2D eigenvalue weighted by Gasteiger charge is -2.33. The van der Waals surface area contributed by atoms with Crippen molar-refractivity contribution in [3.8, 4) is 11.5 Å². The summed E-state index contributed by atoms with van der Waals surface area (Å²) in [6.45, 7) is 3.80. The van der Waals surface area contributed by atoms with Crippen LogP contribution in [0.25, 0.3) is 0 Å². The number of hydrogen-bond acceptors (Lipinski definition) is 6. The summed E-state index contributed by atoms with van der Waals surface area (Å²) in [5.41, 5.74) is 2.66. The number of carbonyl (C=O) groups is 1. The third-order valence-corrected chi connectivity index (χ3v) is 6.76. The van der Waals surface area contributed by atoms with E-state index in [9.17, 15) is 18.0 Å². The van der Waals surface area contributed by atoms with Gasteiger partial charge in [0.25, 0.3) is 5.91 Å². The number of nitrogens with zero attached hydrogens (tertiary/aromatic N) is 4. The molecule has 1 aliphatic rings. The minimum Gasteiger partial charge on any atom is -0.493 e. The Morgan fingerprint density at radius 3 is 2.50 bits per heavy atom. The van der Waals surface area contributed by atoms with Crippen molar-refractivity contribution in [1.29, 1.82) is 0 Å². The lowest BCUT2D eigenvalue weighted by Crippen LogP contribution is -2.36. The first-order valence-electron chi connectivity index (χ1n) is 11.1. The van der Waals surface area contributed by atoms with Crippen molar-refractivity contribution < 1.29 is 27.4 Å². The van der Waals surface area contributed by atoms with Gasteiger partial charge in [0.2, 0.25) is 0 Å². The van der Waals surface area contributed by atoms with Gasteiger partial charge in [-0.05, 0) is 31.5 Å². The van der Waals surface area contributed by atoms with E-state index in [-0.39, 0.29) is 29.5 Å². The SMILES string of the molecule is COc1ccc([C@H]2C[C@@H](C(F)(F)F)n3nc(C(=O)NCc4c(C)nn(C)c4C)c(Cl)c3N2)cc1OC. The summed E-state index contributed by atoms with van der Waals surface area (Å²) in [5.74, 6) is 0.0657. The zero-order valence-electron chi connectivity index (χ0n) is 20.3. The Morgan fingerprint density at radius 1 is 1.22 bits per heavy atom. The average molecular weight is 527 g/mol. The summed E-state index contributed by atoms with van der Waals surface area (Å²) in [4.78, 5) is 12.9. The molecule has 3 aromatic rings. The molecule has 2 N–H and O–H groups in total. The molecule has 0 aliphatic carbocycles. The molecule has 0 bridgehead atoms. The summed E-state index contributed by atoms with van der Waals surface area (Å²) < 4.78 is 55.2. The number of rotatable bonds is 6. The van der Waals surface area contributed by atoms with Gasteiger partial charge in [0.1, 0.15) is 10.8 Å². The second-order valence-electron chi connectivity index (χ2n) is 8.52. The Balaban J connectivity index is 1.65. The fourth-order valence-electron chi connectivity index (χ4n) is 4.35. The first-order valence-corrected chi connectivity index (χ1v) is 11.4. The first kappa shape index (κ1) is 25.7. The van der Waals surface area contributed by atoms with Crippen LogP contribution in [-0.4, -0.2) is 45.9 Å². The molecule has 36 heavy (non-hydrogen) atoms. The number of methoxy groups -OCH3 is 2.